The van der Waals surface area contributed by atoms with Crippen LogP contribution >= 0.6 is 11.3 Å². The van der Waals surface area contributed by atoms with Gasteiger partial charge in [-0.3, -0.25) is 15.1 Å². The van der Waals surface area contributed by atoms with Crippen molar-refractivity contribution in [2.45, 2.75) is 32.7 Å². The van der Waals surface area contributed by atoms with Gasteiger partial charge in [-0.05, 0) is 31.4 Å². The van der Waals surface area contributed by atoms with Crippen LogP contribution in [0, 0.1) is 34.0 Å². The first-order valence-electron chi connectivity index (χ1n) is 10.5. The number of carbonyl (C=O) groups is 1. The average Bonchev–Trinajstić information content (AvgIpc) is 3.15. The molecular weight excluding hydrogens is 431 g/mol. The Morgan fingerprint density at radius 3 is 2.75 bits per heavy atom. The van der Waals surface area contributed by atoms with Crippen LogP contribution < -0.4 is 5.32 Å². The number of ether oxygens (including phenoxy) is 1. The van der Waals surface area contributed by atoms with Crippen molar-refractivity contribution >= 4 is 29.0 Å². The van der Waals surface area contributed by atoms with E-state index in [-0.39, 0.29) is 29.5 Å². The fourth-order valence-corrected chi connectivity index (χ4v) is 5.63. The van der Waals surface area contributed by atoms with Crippen LogP contribution in [-0.4, -0.2) is 54.7 Å². The number of rotatable bonds is 4. The summed E-state index contributed by atoms with van der Waals surface area (Å²) in [4.78, 5) is 22.1. The van der Waals surface area contributed by atoms with Gasteiger partial charge in [-0.15, -0.1) is 11.3 Å². The molecule has 8 nitrogen and oxygen atoms in total. The summed E-state index contributed by atoms with van der Waals surface area (Å²) < 4.78 is 20.4. The van der Waals surface area contributed by atoms with Gasteiger partial charge < -0.3 is 15.0 Å². The van der Waals surface area contributed by atoms with E-state index in [0.29, 0.717) is 23.8 Å². The molecule has 2 N–H and O–H groups in total. The molecule has 32 heavy (non-hydrogen) atoms. The Morgan fingerprint density at radius 2 is 2.19 bits per heavy atom. The quantitative estimate of drug-likeness (QED) is 0.410. The molecule has 0 bridgehead atoms. The van der Waals surface area contributed by atoms with Crippen LogP contribution in [0.15, 0.2) is 28.8 Å². The van der Waals surface area contributed by atoms with Gasteiger partial charge in [0.05, 0.1) is 13.0 Å². The van der Waals surface area contributed by atoms with E-state index in [2.05, 4.69) is 16.4 Å². The first-order chi connectivity index (χ1) is 15.1. The van der Waals surface area contributed by atoms with E-state index in [1.54, 1.807) is 20.0 Å². The van der Waals surface area contributed by atoms with E-state index in [1.165, 1.54) is 23.3 Å². The number of hydrogen-bond acceptors (Lipinski definition) is 6. The van der Waals surface area contributed by atoms with Crippen molar-refractivity contribution in [3.8, 4) is 6.07 Å². The lowest BCUT2D eigenvalue weighted by molar-refractivity contribution is -0.134. The summed E-state index contributed by atoms with van der Waals surface area (Å²) in [6.45, 7) is 6.34. The highest BCUT2D eigenvalue weighted by Gasteiger charge is 2.57. The molecule has 4 rings (SSSR count). The number of fused-ring (bicyclic) bond motifs is 1. The number of amidine groups is 1. The van der Waals surface area contributed by atoms with Gasteiger partial charge >= 0.3 is 0 Å². The molecule has 1 aliphatic carbocycles. The second-order valence-electron chi connectivity index (χ2n) is 9.06. The van der Waals surface area contributed by atoms with Gasteiger partial charge in [-0.2, -0.15) is 10.3 Å². The molecule has 4 atom stereocenters. The molecule has 1 aromatic heterocycles. The number of hydrogen-bond donors (Lipinski definition) is 2. The summed E-state index contributed by atoms with van der Waals surface area (Å²) in [5.74, 6) is -0.285. The minimum atomic E-state index is -0.857. The van der Waals surface area contributed by atoms with Crippen LogP contribution in [0.4, 0.5) is 4.39 Å². The monoisotopic (exact) mass is 458 g/mol. The van der Waals surface area contributed by atoms with E-state index in [1.807, 2.05) is 24.8 Å². The van der Waals surface area contributed by atoms with Crippen LogP contribution in [-0.2, 0) is 15.1 Å². The van der Waals surface area contributed by atoms with Crippen molar-refractivity contribution in [1.29, 1.82) is 10.7 Å². The first-order valence-corrected chi connectivity index (χ1v) is 11.3. The first kappa shape index (κ1) is 22.3. The molecule has 3 aliphatic rings. The summed E-state index contributed by atoms with van der Waals surface area (Å²) in [6, 6.07) is 5.70. The lowest BCUT2D eigenvalue weighted by Gasteiger charge is -2.42. The number of nitrogens with zero attached hydrogens (tertiary/aromatic N) is 4. The number of guanidine groups is 1. The summed E-state index contributed by atoms with van der Waals surface area (Å²) in [7, 11) is 2.97. The normalized spacial score (nSPS) is 32.8. The van der Waals surface area contributed by atoms with Gasteiger partial charge in [0.1, 0.15) is 22.3 Å². The molecule has 0 spiro atoms. The second kappa shape index (κ2) is 7.59. The average molecular weight is 459 g/mol. The predicted molar refractivity (Wildman–Crippen MR) is 120 cm³/mol. The molecule has 3 fully saturated rings. The van der Waals surface area contributed by atoms with Gasteiger partial charge in [-0.1, -0.05) is 13.8 Å². The number of allylic oxidation sites excluding steroid dienone is 1. The van der Waals surface area contributed by atoms with E-state index >= 15 is 4.39 Å². The SMILES string of the molecule is COC(/N=C(\C)N1C[C@H]2C(=O)N(C)C(=N)N[C@@]2(c2ccc(C#N)s2)C1)=C(\F)C1(C)CC1C. The summed E-state index contributed by atoms with van der Waals surface area (Å²) in [5.41, 5.74) is -1.40. The van der Waals surface area contributed by atoms with Gasteiger partial charge in [0.2, 0.25) is 11.8 Å². The van der Waals surface area contributed by atoms with Crippen molar-refractivity contribution in [2.24, 2.45) is 22.2 Å². The van der Waals surface area contributed by atoms with Crippen molar-refractivity contribution in [3.63, 3.8) is 0 Å². The second-order valence-corrected chi connectivity index (χ2v) is 10.1. The van der Waals surface area contributed by atoms with E-state index < -0.39 is 16.9 Å². The van der Waals surface area contributed by atoms with Crippen molar-refractivity contribution in [3.05, 3.63) is 33.6 Å². The van der Waals surface area contributed by atoms with Gasteiger partial charge in [-0.25, -0.2) is 4.39 Å². The third kappa shape index (κ3) is 3.26. The van der Waals surface area contributed by atoms with Crippen LogP contribution in [0.3, 0.4) is 0 Å². The van der Waals surface area contributed by atoms with Crippen LogP contribution in [0.1, 0.15) is 36.9 Å². The molecule has 0 aromatic carbocycles. The largest absolute Gasteiger partial charge is 0.479 e. The number of aliphatic imine (C=N–C) groups is 1. The minimum absolute atomic E-state index is 0.00812. The third-order valence-corrected chi connectivity index (χ3v) is 8.33. The maximum absolute atomic E-state index is 15.1. The predicted octanol–water partition coefficient (Wildman–Crippen LogP) is 2.99. The molecule has 0 radical (unpaired) electrons. The maximum atomic E-state index is 15.1. The standard InChI is InChI=1S/C22H27FN6O2S/c1-12-8-21(12,3)17(23)18(31-5)26-13(2)29-10-15-19(30)28(4)20(25)27-22(15,11-29)16-7-6-14(9-24)32-16/h6-7,12,15H,8,10-11H2,1-5H3,(H2,25,27)/b18-17-,26-13+/t12?,15-,21?,22-/m0/s1. The zero-order chi connectivity index (χ0) is 23.4. The number of amides is 1. The molecule has 1 aromatic rings. The molecule has 2 saturated heterocycles. The molecule has 1 saturated carbocycles. The van der Waals surface area contributed by atoms with Crippen LogP contribution in [0.2, 0.25) is 0 Å². The Morgan fingerprint density at radius 1 is 1.50 bits per heavy atom. The lowest BCUT2D eigenvalue weighted by Crippen LogP contribution is -2.64. The highest BCUT2D eigenvalue weighted by atomic mass is 32.1. The Hall–Kier alpha value is -2.93. The fourth-order valence-electron chi connectivity index (χ4n) is 4.63. The molecule has 170 valence electrons. The molecule has 2 aliphatic heterocycles. The summed E-state index contributed by atoms with van der Waals surface area (Å²) >= 11 is 1.31. The van der Waals surface area contributed by atoms with Crippen LogP contribution in [0.25, 0.3) is 0 Å². The number of thiophene rings is 1. The number of methoxy groups -OCH3 is 1. The molecular formula is C22H27FN6O2S. The Balaban J connectivity index is 1.71. The molecule has 10 heteroatoms. The lowest BCUT2D eigenvalue weighted by atomic mass is 9.83. The van der Waals surface area contributed by atoms with Crippen molar-refractivity contribution in [2.75, 3.05) is 27.2 Å². The molecule has 2 unspecified atom stereocenters. The maximum Gasteiger partial charge on any atom is 0.247 e. The van der Waals surface area contributed by atoms with E-state index in [9.17, 15) is 10.1 Å². The summed E-state index contributed by atoms with van der Waals surface area (Å²) in [6.07, 6.45) is 0.752. The zero-order valence-corrected chi connectivity index (χ0v) is 19.6. The fraction of sp³-hybridized carbons (Fsp3) is 0.545. The minimum Gasteiger partial charge on any atom is -0.479 e. The number of nitriles is 1. The van der Waals surface area contributed by atoms with E-state index in [0.717, 1.165) is 11.3 Å². The van der Waals surface area contributed by atoms with Gasteiger partial charge in [0.25, 0.3) is 0 Å². The number of carbonyl (C=O) groups excluding carboxylic acids is 1. The van der Waals surface area contributed by atoms with E-state index in [4.69, 9.17) is 10.1 Å². The number of likely N-dealkylation sites (tertiary alicyclic amines) is 1. The van der Waals surface area contributed by atoms with Crippen LogP contribution in [0.5, 0.6) is 0 Å². The van der Waals surface area contributed by atoms with Gasteiger partial charge in [0.15, 0.2) is 11.8 Å². The summed E-state index contributed by atoms with van der Waals surface area (Å²) in [5, 5.41) is 20.8. The third-order valence-electron chi connectivity index (χ3n) is 7.16. The smallest absolute Gasteiger partial charge is 0.247 e. The van der Waals surface area contributed by atoms with Crippen molar-refractivity contribution < 1.29 is 13.9 Å². The zero-order valence-electron chi connectivity index (χ0n) is 18.8. The Bertz CT molecular complexity index is 1090. The Labute approximate surface area is 190 Å². The van der Waals surface area contributed by atoms with Crippen molar-refractivity contribution in [1.82, 2.24) is 15.1 Å². The Kier molecular flexibility index (Phi) is 5.28. The van der Waals surface area contributed by atoms with Gasteiger partial charge in [0, 0.05) is 30.4 Å². The number of nitrogens with one attached hydrogen (secondary N) is 2. The number of halogens is 1. The highest BCUT2D eigenvalue weighted by Crippen LogP contribution is 2.58. The highest BCUT2D eigenvalue weighted by molar-refractivity contribution is 7.12. The molecule has 3 heterocycles. The topological polar surface area (TPSA) is 105 Å². The molecule has 1 amide bonds.